The third-order valence-corrected chi connectivity index (χ3v) is 3.98. The van der Waals surface area contributed by atoms with Crippen molar-refractivity contribution in [2.24, 2.45) is 0 Å². The summed E-state index contributed by atoms with van der Waals surface area (Å²) in [5, 5.41) is 12.0. The van der Waals surface area contributed by atoms with Crippen LogP contribution in [-0.2, 0) is 4.79 Å². The highest BCUT2D eigenvalue weighted by Gasteiger charge is 2.10. The van der Waals surface area contributed by atoms with E-state index in [1.165, 1.54) is 22.8 Å². The molecule has 7 nitrogen and oxygen atoms in total. The maximum atomic E-state index is 11.5. The van der Waals surface area contributed by atoms with Crippen LogP contribution in [0.1, 0.15) is 19.3 Å². The number of carbonyl (C=O) groups excluding carboxylic acids is 2. The van der Waals surface area contributed by atoms with Gasteiger partial charge in [0, 0.05) is 11.4 Å². The number of carboxylic acid groups (broad SMARTS) is 1. The zero-order valence-corrected chi connectivity index (χ0v) is 12.1. The lowest BCUT2D eigenvalue weighted by molar-refractivity contribution is -0.123. The van der Waals surface area contributed by atoms with E-state index in [9.17, 15) is 14.4 Å². The second-order valence-corrected chi connectivity index (χ2v) is 5.58. The molecule has 2 heterocycles. The smallest absolute Gasteiger partial charge is 0.346 e. The summed E-state index contributed by atoms with van der Waals surface area (Å²) in [7, 11) is 0. The molecule has 0 saturated heterocycles. The summed E-state index contributed by atoms with van der Waals surface area (Å²) >= 11 is 2.25. The van der Waals surface area contributed by atoms with Gasteiger partial charge in [-0.3, -0.25) is 20.4 Å². The number of amides is 2. The largest absolute Gasteiger partial charge is 0.483 e. The second kappa shape index (κ2) is 6.86. The minimum Gasteiger partial charge on any atom is -0.483 e. The topological polar surface area (TPSA) is 105 Å². The van der Waals surface area contributed by atoms with Crippen molar-refractivity contribution in [1.29, 1.82) is 0 Å². The number of ether oxygens (including phenoxy) is 1. The summed E-state index contributed by atoms with van der Waals surface area (Å²) < 4.78 is 5.11. The average molecular weight is 326 g/mol. The number of carbonyl (C=O) groups is 3. The maximum absolute atomic E-state index is 11.5. The first-order valence-electron chi connectivity index (χ1n) is 5.63. The van der Waals surface area contributed by atoms with Crippen molar-refractivity contribution in [3.05, 3.63) is 38.7 Å². The molecule has 0 bridgehead atoms. The van der Waals surface area contributed by atoms with Crippen molar-refractivity contribution in [1.82, 2.24) is 10.9 Å². The Kier molecular flexibility index (Phi) is 4.90. The Hall–Kier alpha value is -2.39. The molecule has 2 aromatic rings. The van der Waals surface area contributed by atoms with Gasteiger partial charge in [-0.15, -0.1) is 22.7 Å². The van der Waals surface area contributed by atoms with Gasteiger partial charge >= 0.3 is 5.97 Å². The van der Waals surface area contributed by atoms with Gasteiger partial charge in [0.15, 0.2) is 6.61 Å². The molecule has 110 valence electrons. The number of hydrogen-bond donors (Lipinski definition) is 3. The number of carboxylic acids is 1. The lowest BCUT2D eigenvalue weighted by Crippen LogP contribution is -2.43. The van der Waals surface area contributed by atoms with E-state index in [1.807, 2.05) is 0 Å². The van der Waals surface area contributed by atoms with Crippen LogP contribution in [0.3, 0.4) is 0 Å². The van der Waals surface area contributed by atoms with E-state index < -0.39 is 17.8 Å². The molecule has 0 atom stereocenters. The third kappa shape index (κ3) is 4.29. The molecule has 3 N–H and O–H groups in total. The standard InChI is InChI=1S/C12H10N2O5S2/c15-10(13-14-11(16)8-2-1-3-20-8)5-19-7-4-9(12(17)18)21-6-7/h1-4,6H,5H2,(H,13,15)(H,14,16)(H,17,18). The van der Waals surface area contributed by atoms with Crippen LogP contribution in [0.4, 0.5) is 0 Å². The molecule has 0 spiro atoms. The quantitative estimate of drug-likeness (QED) is 0.719. The Morgan fingerprint density at radius 3 is 2.62 bits per heavy atom. The van der Waals surface area contributed by atoms with Gasteiger partial charge in [0.1, 0.15) is 10.6 Å². The Labute approximate surface area is 127 Å². The number of rotatable bonds is 5. The summed E-state index contributed by atoms with van der Waals surface area (Å²) in [5.74, 6) is -1.73. The monoisotopic (exact) mass is 326 g/mol. The first-order chi connectivity index (χ1) is 10.1. The Bertz CT molecular complexity index is 650. The Morgan fingerprint density at radius 1 is 1.19 bits per heavy atom. The SMILES string of the molecule is O=C(COc1csc(C(=O)O)c1)NNC(=O)c1cccs1. The fourth-order valence-electron chi connectivity index (χ4n) is 1.29. The van der Waals surface area contributed by atoms with Crippen molar-refractivity contribution >= 4 is 40.5 Å². The van der Waals surface area contributed by atoms with E-state index >= 15 is 0 Å². The predicted octanol–water partition coefficient (Wildman–Crippen LogP) is 1.35. The molecule has 0 aromatic carbocycles. The highest BCUT2D eigenvalue weighted by atomic mass is 32.1. The first-order valence-corrected chi connectivity index (χ1v) is 7.39. The molecule has 0 aliphatic heterocycles. The fourth-order valence-corrected chi connectivity index (χ4v) is 2.57. The van der Waals surface area contributed by atoms with Crippen molar-refractivity contribution in [3.8, 4) is 5.75 Å². The van der Waals surface area contributed by atoms with Crippen LogP contribution in [0, 0.1) is 0 Å². The lowest BCUT2D eigenvalue weighted by Gasteiger charge is -2.06. The third-order valence-electron chi connectivity index (χ3n) is 2.22. The molecule has 0 radical (unpaired) electrons. The predicted molar refractivity (Wildman–Crippen MR) is 76.7 cm³/mol. The molecule has 0 saturated carbocycles. The van der Waals surface area contributed by atoms with E-state index in [0.29, 0.717) is 4.88 Å². The first kappa shape index (κ1) is 15.0. The minimum absolute atomic E-state index is 0.122. The van der Waals surface area contributed by atoms with Crippen molar-refractivity contribution in [2.75, 3.05) is 6.61 Å². The van der Waals surface area contributed by atoms with Crippen LogP contribution < -0.4 is 15.6 Å². The zero-order chi connectivity index (χ0) is 15.2. The minimum atomic E-state index is -1.05. The van der Waals surface area contributed by atoms with Crippen molar-refractivity contribution in [3.63, 3.8) is 0 Å². The number of nitrogens with one attached hydrogen (secondary N) is 2. The lowest BCUT2D eigenvalue weighted by atomic mass is 10.4. The molecule has 2 aromatic heterocycles. The van der Waals surface area contributed by atoms with Gasteiger partial charge in [0.25, 0.3) is 11.8 Å². The number of hydrazine groups is 1. The molecule has 0 unspecified atom stereocenters. The summed E-state index contributed by atoms with van der Waals surface area (Å²) in [5.41, 5.74) is 4.45. The molecular formula is C12H10N2O5S2. The van der Waals surface area contributed by atoms with Crippen LogP contribution in [0.5, 0.6) is 5.75 Å². The Balaban J connectivity index is 1.74. The molecule has 2 rings (SSSR count). The van der Waals surface area contributed by atoms with E-state index in [4.69, 9.17) is 9.84 Å². The molecule has 0 aliphatic rings. The van der Waals surface area contributed by atoms with Crippen molar-refractivity contribution in [2.45, 2.75) is 0 Å². The van der Waals surface area contributed by atoms with Crippen LogP contribution in [0.2, 0.25) is 0 Å². The van der Waals surface area contributed by atoms with Crippen LogP contribution in [-0.4, -0.2) is 29.5 Å². The summed E-state index contributed by atoms with van der Waals surface area (Å²) in [6.07, 6.45) is 0. The molecule has 2 amide bonds. The number of hydrogen-bond acceptors (Lipinski definition) is 6. The van der Waals surface area contributed by atoms with Crippen LogP contribution in [0.25, 0.3) is 0 Å². The highest BCUT2D eigenvalue weighted by molar-refractivity contribution is 7.12. The summed E-state index contributed by atoms with van der Waals surface area (Å²) in [6.45, 7) is -0.333. The second-order valence-electron chi connectivity index (χ2n) is 3.72. The van der Waals surface area contributed by atoms with Crippen LogP contribution in [0.15, 0.2) is 29.0 Å². The van der Waals surface area contributed by atoms with Gasteiger partial charge in [0.05, 0.1) is 4.88 Å². The Morgan fingerprint density at radius 2 is 2.00 bits per heavy atom. The molecule has 9 heteroatoms. The van der Waals surface area contributed by atoms with Gasteiger partial charge in [-0.2, -0.15) is 0 Å². The zero-order valence-electron chi connectivity index (χ0n) is 10.5. The van der Waals surface area contributed by atoms with Gasteiger partial charge in [-0.25, -0.2) is 4.79 Å². The molecule has 0 aliphatic carbocycles. The normalized spacial score (nSPS) is 9.90. The highest BCUT2D eigenvalue weighted by Crippen LogP contribution is 2.21. The van der Waals surface area contributed by atoms with Crippen LogP contribution >= 0.6 is 22.7 Å². The van der Waals surface area contributed by atoms with E-state index in [-0.39, 0.29) is 17.2 Å². The molecule has 0 fully saturated rings. The summed E-state index contributed by atoms with van der Waals surface area (Å²) in [6, 6.07) is 4.67. The number of thiophene rings is 2. The van der Waals surface area contributed by atoms with E-state index in [2.05, 4.69) is 10.9 Å². The van der Waals surface area contributed by atoms with Crippen molar-refractivity contribution < 1.29 is 24.2 Å². The fraction of sp³-hybridized carbons (Fsp3) is 0.0833. The average Bonchev–Trinajstić information content (AvgIpc) is 3.13. The molecular weight excluding hydrogens is 316 g/mol. The van der Waals surface area contributed by atoms with Gasteiger partial charge < -0.3 is 9.84 Å². The summed E-state index contributed by atoms with van der Waals surface area (Å²) in [4.78, 5) is 34.3. The van der Waals surface area contributed by atoms with E-state index in [0.717, 1.165) is 11.3 Å². The van der Waals surface area contributed by atoms with Gasteiger partial charge in [-0.05, 0) is 11.4 Å². The van der Waals surface area contributed by atoms with Gasteiger partial charge in [0.2, 0.25) is 0 Å². The maximum Gasteiger partial charge on any atom is 0.346 e. The van der Waals surface area contributed by atoms with E-state index in [1.54, 1.807) is 17.5 Å². The molecule has 21 heavy (non-hydrogen) atoms. The number of aromatic carboxylic acids is 1. The van der Waals surface area contributed by atoms with Gasteiger partial charge in [-0.1, -0.05) is 6.07 Å².